The molecule has 0 aromatic heterocycles. The van der Waals surface area contributed by atoms with Crippen molar-refractivity contribution in [1.82, 2.24) is 5.32 Å². The number of nitrogens with one attached hydrogen (secondary N) is 1. The second kappa shape index (κ2) is 10.5. The molecule has 1 saturated heterocycles. The zero-order valence-electron chi connectivity index (χ0n) is 19.1. The van der Waals surface area contributed by atoms with Gasteiger partial charge in [0, 0.05) is 11.5 Å². The highest BCUT2D eigenvalue weighted by Crippen LogP contribution is 2.54. The summed E-state index contributed by atoms with van der Waals surface area (Å²) in [5.41, 5.74) is 3.23. The Balaban J connectivity index is 0.000000427. The third kappa shape index (κ3) is 5.53. The summed E-state index contributed by atoms with van der Waals surface area (Å²) in [4.78, 5) is 20.9. The number of aliphatic hydroxyl groups is 1. The lowest BCUT2D eigenvalue weighted by atomic mass is 9.53. The Labute approximate surface area is 189 Å². The maximum Gasteiger partial charge on any atom is 0.511 e. The van der Waals surface area contributed by atoms with Crippen LogP contribution in [0.3, 0.4) is 0 Å². The first-order valence-electron chi connectivity index (χ1n) is 11.5. The number of hydrogen-bond acceptors (Lipinski definition) is 7. The van der Waals surface area contributed by atoms with Gasteiger partial charge in [0.15, 0.2) is 0 Å². The summed E-state index contributed by atoms with van der Waals surface area (Å²) in [5.74, 6) is 0.330. The Bertz CT molecular complexity index is 806. The van der Waals surface area contributed by atoms with Gasteiger partial charge in [-0.3, -0.25) is 0 Å². The molecule has 4 atom stereocenters. The Hall–Kier alpha value is -2.32. The number of aliphatic carboxylic acids is 1. The zero-order chi connectivity index (χ0) is 23.3. The fourth-order valence-electron chi connectivity index (χ4n) is 5.37. The number of ether oxygens (including phenoxy) is 3. The van der Waals surface area contributed by atoms with Gasteiger partial charge < -0.3 is 29.7 Å². The topological polar surface area (TPSA) is 114 Å². The molecule has 2 bridgehead atoms. The van der Waals surface area contributed by atoms with Crippen LogP contribution in [0.4, 0.5) is 4.79 Å². The van der Waals surface area contributed by atoms with Crippen molar-refractivity contribution in [3.8, 4) is 5.75 Å². The Morgan fingerprint density at radius 2 is 1.97 bits per heavy atom. The molecule has 8 heteroatoms. The summed E-state index contributed by atoms with van der Waals surface area (Å²) in [6.07, 6.45) is 5.48. The molecule has 2 fully saturated rings. The number of benzene rings is 1. The summed E-state index contributed by atoms with van der Waals surface area (Å²) in [6.45, 7) is 5.76. The fourth-order valence-corrected chi connectivity index (χ4v) is 5.37. The van der Waals surface area contributed by atoms with Gasteiger partial charge >= 0.3 is 12.1 Å². The second-order valence-corrected chi connectivity index (χ2v) is 9.18. The molecule has 0 radical (unpaired) electrons. The van der Waals surface area contributed by atoms with Gasteiger partial charge in [-0.25, -0.2) is 9.59 Å². The summed E-state index contributed by atoms with van der Waals surface area (Å²) in [7, 11) is 0. The van der Waals surface area contributed by atoms with Gasteiger partial charge in [0.1, 0.15) is 11.9 Å². The minimum Gasteiger partial charge on any atom is -0.479 e. The van der Waals surface area contributed by atoms with E-state index in [1.54, 1.807) is 13.8 Å². The lowest BCUT2D eigenvalue weighted by Gasteiger charge is -2.56. The number of carboxylic acid groups (broad SMARTS) is 1. The first-order valence-corrected chi connectivity index (χ1v) is 11.5. The average molecular weight is 450 g/mol. The number of aliphatic hydroxyl groups excluding tert-OH is 1. The first kappa shape index (κ1) is 24.3. The number of fused-ring (bicyclic) bond motifs is 1. The molecular weight excluding hydrogens is 414 g/mol. The van der Waals surface area contributed by atoms with Crippen molar-refractivity contribution in [3.05, 3.63) is 29.3 Å². The van der Waals surface area contributed by atoms with Gasteiger partial charge in [0.2, 0.25) is 6.79 Å². The Morgan fingerprint density at radius 1 is 1.22 bits per heavy atom. The van der Waals surface area contributed by atoms with Crippen LogP contribution < -0.4 is 10.1 Å². The quantitative estimate of drug-likeness (QED) is 0.463. The van der Waals surface area contributed by atoms with Crippen LogP contribution in [0.1, 0.15) is 64.0 Å². The summed E-state index contributed by atoms with van der Waals surface area (Å²) < 4.78 is 15.6. The monoisotopic (exact) mass is 449 g/mol. The van der Waals surface area contributed by atoms with Crippen LogP contribution in [0.15, 0.2) is 18.2 Å². The lowest BCUT2D eigenvalue weighted by Crippen LogP contribution is -2.59. The largest absolute Gasteiger partial charge is 0.511 e. The lowest BCUT2D eigenvalue weighted by molar-refractivity contribution is -0.145. The molecule has 1 heterocycles. The van der Waals surface area contributed by atoms with Gasteiger partial charge in [-0.15, -0.1) is 0 Å². The van der Waals surface area contributed by atoms with E-state index >= 15 is 0 Å². The predicted octanol–water partition coefficient (Wildman–Crippen LogP) is 3.38. The van der Waals surface area contributed by atoms with E-state index in [1.807, 2.05) is 6.07 Å². The van der Waals surface area contributed by atoms with Crippen molar-refractivity contribution in [2.45, 2.75) is 83.0 Å². The molecule has 8 nitrogen and oxygen atoms in total. The standard InChI is InChI=1S/C21H29NO4.C3H6O3/c1-14(2)26-20(23)25-13-24-16-7-6-15-11-19-17-5-3-4-8-21(17,9-10-22-19)18(15)12-16;1-2(4)3(5)6/h6-7,12,14,17,19,22H,3-5,8-11,13H2,1-2H3;2,4H,1H3,(H,5,6)/t17-,19+,21+;2-/m10/s1. The van der Waals surface area contributed by atoms with Crippen molar-refractivity contribution < 1.29 is 34.0 Å². The number of carbonyl (C=O) groups is 2. The van der Waals surface area contributed by atoms with Gasteiger partial charge in [-0.2, -0.15) is 0 Å². The highest BCUT2D eigenvalue weighted by Gasteiger charge is 2.51. The minimum absolute atomic E-state index is 0.120. The van der Waals surface area contributed by atoms with Crippen molar-refractivity contribution in [1.29, 1.82) is 0 Å². The minimum atomic E-state index is -1.23. The zero-order valence-corrected chi connectivity index (χ0v) is 19.1. The van der Waals surface area contributed by atoms with Gasteiger partial charge in [0.25, 0.3) is 0 Å². The molecule has 0 amide bonds. The van der Waals surface area contributed by atoms with E-state index in [0.29, 0.717) is 11.5 Å². The van der Waals surface area contributed by atoms with Gasteiger partial charge in [-0.05, 0) is 82.2 Å². The van der Waals surface area contributed by atoms with Crippen LogP contribution in [0.25, 0.3) is 0 Å². The molecule has 4 rings (SSSR count). The van der Waals surface area contributed by atoms with E-state index in [-0.39, 0.29) is 12.9 Å². The Morgan fingerprint density at radius 3 is 2.66 bits per heavy atom. The van der Waals surface area contributed by atoms with Crippen molar-refractivity contribution in [2.24, 2.45) is 5.92 Å². The smallest absolute Gasteiger partial charge is 0.479 e. The van der Waals surface area contributed by atoms with Gasteiger partial charge in [0.05, 0.1) is 6.10 Å². The number of rotatable bonds is 5. The molecular formula is C24H35NO7. The van der Waals surface area contributed by atoms with Crippen molar-refractivity contribution >= 4 is 12.1 Å². The maximum absolute atomic E-state index is 11.5. The van der Waals surface area contributed by atoms with E-state index < -0.39 is 18.2 Å². The van der Waals surface area contributed by atoms with E-state index in [0.717, 1.165) is 24.6 Å². The summed E-state index contributed by atoms with van der Waals surface area (Å²) in [6, 6.07) is 7.01. The van der Waals surface area contributed by atoms with Crippen molar-refractivity contribution in [3.63, 3.8) is 0 Å². The van der Waals surface area contributed by atoms with Crippen LogP contribution in [0, 0.1) is 5.92 Å². The molecule has 0 unspecified atom stereocenters. The normalized spacial score (nSPS) is 26.5. The molecule has 2 aliphatic carbocycles. The maximum atomic E-state index is 11.5. The second-order valence-electron chi connectivity index (χ2n) is 9.18. The molecule has 3 N–H and O–H groups in total. The van der Waals surface area contributed by atoms with Crippen molar-refractivity contribution in [2.75, 3.05) is 13.3 Å². The molecule has 3 aliphatic rings. The molecule has 1 aliphatic heterocycles. The third-order valence-electron chi connectivity index (χ3n) is 6.71. The SMILES string of the molecule is CC(C)OC(=O)OCOc1ccc2c(c1)[C@]13CCCC[C@@H]1[C@H](C2)NCC3.C[C@H](O)C(=O)O. The van der Waals surface area contributed by atoms with Gasteiger partial charge in [-0.1, -0.05) is 18.9 Å². The van der Waals surface area contributed by atoms with E-state index in [4.69, 9.17) is 24.4 Å². The molecule has 1 saturated carbocycles. The average Bonchev–Trinajstić information content (AvgIpc) is 2.74. The molecule has 1 aromatic rings. The molecule has 1 aromatic carbocycles. The summed E-state index contributed by atoms with van der Waals surface area (Å²) in [5, 5.41) is 19.5. The highest BCUT2D eigenvalue weighted by atomic mass is 16.8. The Kier molecular flexibility index (Phi) is 8.00. The molecule has 178 valence electrons. The fraction of sp³-hybridized carbons (Fsp3) is 0.667. The first-order chi connectivity index (χ1) is 15.2. The number of hydrogen-bond donors (Lipinski definition) is 3. The molecule has 32 heavy (non-hydrogen) atoms. The van der Waals surface area contributed by atoms with E-state index in [2.05, 4.69) is 17.4 Å². The summed E-state index contributed by atoms with van der Waals surface area (Å²) >= 11 is 0. The van der Waals surface area contributed by atoms with Crippen LogP contribution >= 0.6 is 0 Å². The van der Waals surface area contributed by atoms with Crippen LogP contribution in [0.2, 0.25) is 0 Å². The van der Waals surface area contributed by atoms with Crippen LogP contribution in [-0.2, 0) is 26.1 Å². The number of piperidine rings is 1. The predicted molar refractivity (Wildman–Crippen MR) is 118 cm³/mol. The highest BCUT2D eigenvalue weighted by molar-refractivity contribution is 5.71. The molecule has 0 spiro atoms. The van der Waals surface area contributed by atoms with Crippen LogP contribution in [0.5, 0.6) is 5.75 Å². The number of carbonyl (C=O) groups excluding carboxylic acids is 1. The van der Waals surface area contributed by atoms with Crippen LogP contribution in [-0.4, -0.2) is 53.9 Å². The van der Waals surface area contributed by atoms with E-state index in [1.165, 1.54) is 50.2 Å². The van der Waals surface area contributed by atoms with E-state index in [9.17, 15) is 9.59 Å². The third-order valence-corrected chi connectivity index (χ3v) is 6.71. The number of carboxylic acids is 1.